The lowest BCUT2D eigenvalue weighted by Gasteiger charge is -2.37. The molecule has 0 aromatic heterocycles. The molecular formula is C11H12BO6-. The molecule has 0 radical (unpaired) electrons. The normalized spacial score (nSPS) is 26.6. The van der Waals surface area contributed by atoms with Gasteiger partial charge in [-0.25, -0.2) is 4.79 Å². The highest BCUT2D eigenvalue weighted by molar-refractivity contribution is 6.62. The van der Waals surface area contributed by atoms with Crippen LogP contribution in [0.2, 0.25) is 5.82 Å². The summed E-state index contributed by atoms with van der Waals surface area (Å²) in [6.07, 6.45) is 0.603. The van der Waals surface area contributed by atoms with E-state index in [4.69, 9.17) is 9.39 Å². The first kappa shape index (κ1) is 11.4. The van der Waals surface area contributed by atoms with E-state index < -0.39 is 12.7 Å². The Morgan fingerprint density at radius 3 is 2.83 bits per heavy atom. The molecule has 1 saturated carbocycles. The van der Waals surface area contributed by atoms with Gasteiger partial charge in [-0.3, -0.25) is 0 Å². The van der Waals surface area contributed by atoms with Crippen LogP contribution < -0.4 is 9.39 Å². The number of aromatic carboxylic acids is 1. The molecule has 0 unspecified atom stereocenters. The highest BCUT2D eigenvalue weighted by Crippen LogP contribution is 2.63. The molecule has 1 aliphatic carbocycles. The first-order chi connectivity index (χ1) is 8.45. The SMILES string of the molecule is COc1ccc2c(c1C(=O)O)O[B-](O)(O)[C@@H]1C[C@H]21. The van der Waals surface area contributed by atoms with Gasteiger partial charge in [0.2, 0.25) is 0 Å². The minimum atomic E-state index is -2.97. The first-order valence-corrected chi connectivity index (χ1v) is 5.68. The van der Waals surface area contributed by atoms with Crippen LogP contribution in [0.1, 0.15) is 28.3 Å². The number of benzene rings is 1. The van der Waals surface area contributed by atoms with E-state index in [1.54, 1.807) is 12.1 Å². The summed E-state index contributed by atoms with van der Waals surface area (Å²) in [5, 5.41) is 28.7. The zero-order chi connectivity index (χ0) is 13.1. The van der Waals surface area contributed by atoms with E-state index in [0.717, 1.165) is 0 Å². The lowest BCUT2D eigenvalue weighted by molar-refractivity contribution is 0.0689. The minimum absolute atomic E-state index is 0.0191. The largest absolute Gasteiger partial charge is 0.669 e. The fourth-order valence-corrected chi connectivity index (χ4v) is 2.69. The van der Waals surface area contributed by atoms with Gasteiger partial charge in [0.1, 0.15) is 11.3 Å². The Kier molecular flexibility index (Phi) is 2.15. The number of hydrogen-bond acceptors (Lipinski definition) is 5. The van der Waals surface area contributed by atoms with Crippen LogP contribution in [0.15, 0.2) is 12.1 Å². The van der Waals surface area contributed by atoms with E-state index >= 15 is 0 Å². The maximum Gasteiger partial charge on any atom is 0.434 e. The molecule has 0 spiro atoms. The zero-order valence-corrected chi connectivity index (χ0v) is 9.66. The van der Waals surface area contributed by atoms with Crippen LogP contribution in [0, 0.1) is 0 Å². The smallest absolute Gasteiger partial charge is 0.434 e. The van der Waals surface area contributed by atoms with E-state index in [1.807, 2.05) is 0 Å². The van der Waals surface area contributed by atoms with Crippen molar-refractivity contribution in [1.82, 2.24) is 0 Å². The quantitative estimate of drug-likeness (QED) is 0.665. The van der Waals surface area contributed by atoms with Crippen molar-refractivity contribution in [3.8, 4) is 11.5 Å². The van der Waals surface area contributed by atoms with Crippen LogP contribution in [-0.2, 0) is 0 Å². The topological polar surface area (TPSA) is 96.2 Å². The average Bonchev–Trinajstić information content (AvgIpc) is 3.07. The Balaban J connectivity index is 2.20. The van der Waals surface area contributed by atoms with Crippen molar-refractivity contribution in [2.45, 2.75) is 18.2 Å². The van der Waals surface area contributed by atoms with Gasteiger partial charge in [-0.1, -0.05) is 18.3 Å². The van der Waals surface area contributed by atoms with Crippen molar-refractivity contribution in [1.29, 1.82) is 0 Å². The van der Waals surface area contributed by atoms with Gasteiger partial charge >= 0.3 is 12.7 Å². The molecule has 0 bridgehead atoms. The standard InChI is InChI=1S/C11H12BO6/c1-17-8-3-2-5-6-4-7(6)12(15,16)18-10(5)9(8)11(13)14/h2-3,6-7,15-16H,4H2,1H3,(H,13,14)/q-1/t6-,7-/m1/s1. The van der Waals surface area contributed by atoms with Gasteiger partial charge in [0, 0.05) is 0 Å². The molecule has 1 fully saturated rings. The van der Waals surface area contributed by atoms with E-state index in [-0.39, 0.29) is 28.8 Å². The summed E-state index contributed by atoms with van der Waals surface area (Å²) in [5.74, 6) is -1.41. The molecule has 7 heteroatoms. The average molecular weight is 251 g/mol. The molecule has 18 heavy (non-hydrogen) atoms. The number of methoxy groups -OCH3 is 1. The maximum atomic E-state index is 11.3. The summed E-state index contributed by atoms with van der Waals surface area (Å²) >= 11 is 0. The minimum Gasteiger partial charge on any atom is -0.669 e. The predicted octanol–water partition coefficient (Wildman–Crippen LogP) is 0.567. The second-order valence-electron chi connectivity index (χ2n) is 4.75. The maximum absolute atomic E-state index is 11.3. The van der Waals surface area contributed by atoms with E-state index in [1.165, 1.54) is 7.11 Å². The lowest BCUT2D eigenvalue weighted by atomic mass is 9.68. The Hall–Kier alpha value is -1.73. The highest BCUT2D eigenvalue weighted by Gasteiger charge is 2.55. The summed E-state index contributed by atoms with van der Waals surface area (Å²) in [4.78, 5) is 11.3. The summed E-state index contributed by atoms with van der Waals surface area (Å²) in [5.41, 5.74) is 0.550. The van der Waals surface area contributed by atoms with Gasteiger partial charge in [0.25, 0.3) is 0 Å². The van der Waals surface area contributed by atoms with Crippen molar-refractivity contribution >= 4 is 12.7 Å². The summed E-state index contributed by atoms with van der Waals surface area (Å²) < 4.78 is 10.1. The van der Waals surface area contributed by atoms with Crippen LogP contribution in [0.4, 0.5) is 0 Å². The molecule has 1 aliphatic heterocycles. The van der Waals surface area contributed by atoms with E-state index in [2.05, 4.69) is 0 Å². The van der Waals surface area contributed by atoms with Crippen molar-refractivity contribution in [2.24, 2.45) is 0 Å². The van der Waals surface area contributed by atoms with Crippen LogP contribution in [0.25, 0.3) is 0 Å². The number of carbonyl (C=O) groups is 1. The fraction of sp³-hybridized carbons (Fsp3) is 0.364. The van der Waals surface area contributed by atoms with Crippen LogP contribution in [-0.4, -0.2) is 35.0 Å². The van der Waals surface area contributed by atoms with Gasteiger partial charge < -0.3 is 24.5 Å². The molecule has 1 aromatic carbocycles. The molecule has 3 rings (SSSR count). The van der Waals surface area contributed by atoms with Crippen molar-refractivity contribution in [3.05, 3.63) is 23.3 Å². The van der Waals surface area contributed by atoms with Crippen molar-refractivity contribution in [3.63, 3.8) is 0 Å². The Morgan fingerprint density at radius 2 is 2.22 bits per heavy atom. The van der Waals surface area contributed by atoms with Crippen molar-refractivity contribution in [2.75, 3.05) is 7.11 Å². The molecule has 1 aromatic rings. The molecule has 2 atom stereocenters. The van der Waals surface area contributed by atoms with Gasteiger partial charge in [0.15, 0.2) is 0 Å². The second kappa shape index (κ2) is 3.40. The summed E-state index contributed by atoms with van der Waals surface area (Å²) in [6.45, 7) is -2.97. The van der Waals surface area contributed by atoms with Gasteiger partial charge in [0.05, 0.1) is 12.9 Å². The van der Waals surface area contributed by atoms with Crippen LogP contribution in [0.5, 0.6) is 11.5 Å². The van der Waals surface area contributed by atoms with Gasteiger partial charge in [-0.05, 0) is 17.5 Å². The third-order valence-corrected chi connectivity index (χ3v) is 3.67. The molecule has 6 nitrogen and oxygen atoms in total. The number of rotatable bonds is 2. The molecule has 0 amide bonds. The van der Waals surface area contributed by atoms with E-state index in [0.29, 0.717) is 12.0 Å². The summed E-state index contributed by atoms with van der Waals surface area (Å²) in [7, 11) is 1.35. The van der Waals surface area contributed by atoms with Gasteiger partial charge in [-0.15, -0.1) is 0 Å². The number of hydrogen-bond donors (Lipinski definition) is 3. The number of carboxylic acids is 1. The van der Waals surface area contributed by atoms with Crippen molar-refractivity contribution < 1.29 is 29.3 Å². The molecule has 0 saturated heterocycles. The van der Waals surface area contributed by atoms with Crippen LogP contribution >= 0.6 is 0 Å². The number of ether oxygens (including phenoxy) is 1. The molecular weight excluding hydrogens is 239 g/mol. The van der Waals surface area contributed by atoms with Crippen LogP contribution in [0.3, 0.4) is 0 Å². The molecule has 2 aliphatic rings. The lowest BCUT2D eigenvalue weighted by Crippen LogP contribution is -2.45. The number of carboxylic acid groups (broad SMARTS) is 1. The Bertz CT molecular complexity index is 541. The monoisotopic (exact) mass is 251 g/mol. The number of fused-ring (bicyclic) bond motifs is 3. The van der Waals surface area contributed by atoms with Gasteiger partial charge in [-0.2, -0.15) is 0 Å². The highest BCUT2D eigenvalue weighted by atomic mass is 16.6. The Morgan fingerprint density at radius 1 is 1.50 bits per heavy atom. The second-order valence-corrected chi connectivity index (χ2v) is 4.75. The third-order valence-electron chi connectivity index (χ3n) is 3.67. The Labute approximate surface area is 103 Å². The third kappa shape index (κ3) is 1.41. The molecule has 3 N–H and O–H groups in total. The first-order valence-electron chi connectivity index (χ1n) is 5.68. The predicted molar refractivity (Wildman–Crippen MR) is 61.9 cm³/mol. The zero-order valence-electron chi connectivity index (χ0n) is 9.66. The molecule has 96 valence electrons. The van der Waals surface area contributed by atoms with E-state index in [9.17, 15) is 19.9 Å². The molecule has 1 heterocycles. The summed E-state index contributed by atoms with van der Waals surface area (Å²) in [6, 6.07) is 3.28. The fourth-order valence-electron chi connectivity index (χ4n) is 2.69.